The summed E-state index contributed by atoms with van der Waals surface area (Å²) in [6.07, 6.45) is 2.19. The first-order chi connectivity index (χ1) is 8.20. The zero-order valence-electron chi connectivity index (χ0n) is 12.8. The number of nitrogens with two attached hydrogens (primary N) is 1. The van der Waals surface area contributed by atoms with Crippen LogP contribution < -0.4 is 10.6 Å². The highest BCUT2D eigenvalue weighted by molar-refractivity contribution is 5.59. The van der Waals surface area contributed by atoms with E-state index in [2.05, 4.69) is 58.7 Å². The summed E-state index contributed by atoms with van der Waals surface area (Å²) in [6.45, 7) is 11.8. The molecule has 0 bridgehead atoms. The van der Waals surface area contributed by atoms with E-state index in [1.807, 2.05) is 0 Å². The first kappa shape index (κ1) is 15.0. The van der Waals surface area contributed by atoms with E-state index < -0.39 is 0 Å². The van der Waals surface area contributed by atoms with Crippen molar-refractivity contribution in [3.8, 4) is 0 Å². The summed E-state index contributed by atoms with van der Waals surface area (Å²) in [7, 11) is 2.17. The van der Waals surface area contributed by atoms with Crippen molar-refractivity contribution in [3.05, 3.63) is 28.8 Å². The first-order valence-corrected chi connectivity index (χ1v) is 6.78. The number of hydrogen-bond donors (Lipinski definition) is 1. The van der Waals surface area contributed by atoms with Crippen molar-refractivity contribution < 1.29 is 0 Å². The molecule has 0 fully saturated rings. The highest BCUT2D eigenvalue weighted by atomic mass is 15.1. The minimum absolute atomic E-state index is 0.0573. The van der Waals surface area contributed by atoms with Crippen LogP contribution in [0.25, 0.3) is 0 Å². The van der Waals surface area contributed by atoms with Crippen LogP contribution in [0.1, 0.15) is 43.4 Å². The average Bonchev–Trinajstić information content (AvgIpc) is 2.13. The molecule has 0 aliphatic rings. The molecule has 0 aliphatic carbocycles. The van der Waals surface area contributed by atoms with Gasteiger partial charge in [-0.1, -0.05) is 17.7 Å². The van der Waals surface area contributed by atoms with Crippen molar-refractivity contribution in [2.45, 2.75) is 53.0 Å². The molecule has 2 nitrogen and oxygen atoms in total. The van der Waals surface area contributed by atoms with Crippen molar-refractivity contribution in [3.63, 3.8) is 0 Å². The van der Waals surface area contributed by atoms with Gasteiger partial charge in [-0.15, -0.1) is 0 Å². The molecule has 0 saturated carbocycles. The number of aryl methyl sites for hydroxylation is 3. The second-order valence-corrected chi connectivity index (χ2v) is 6.26. The smallest absolute Gasteiger partial charge is 0.0423 e. The summed E-state index contributed by atoms with van der Waals surface area (Å²) in [5, 5.41) is 0. The molecule has 2 heteroatoms. The van der Waals surface area contributed by atoms with Gasteiger partial charge in [0.1, 0.15) is 0 Å². The van der Waals surface area contributed by atoms with Crippen LogP contribution in [0.4, 0.5) is 5.69 Å². The molecule has 0 spiro atoms. The average molecular weight is 248 g/mol. The lowest BCUT2D eigenvalue weighted by Crippen LogP contribution is -2.33. The van der Waals surface area contributed by atoms with E-state index >= 15 is 0 Å². The molecule has 0 saturated heterocycles. The van der Waals surface area contributed by atoms with E-state index in [4.69, 9.17) is 5.73 Å². The van der Waals surface area contributed by atoms with Crippen LogP contribution in [0, 0.1) is 20.8 Å². The molecule has 1 rings (SSSR count). The quantitative estimate of drug-likeness (QED) is 0.863. The van der Waals surface area contributed by atoms with Crippen molar-refractivity contribution in [2.24, 2.45) is 5.73 Å². The maximum atomic E-state index is 6.02. The number of anilines is 1. The van der Waals surface area contributed by atoms with E-state index in [1.165, 1.54) is 22.4 Å². The van der Waals surface area contributed by atoms with Gasteiger partial charge in [-0.2, -0.15) is 0 Å². The predicted molar refractivity (Wildman–Crippen MR) is 81.4 cm³/mol. The normalized spacial score (nSPS) is 11.7. The van der Waals surface area contributed by atoms with Gasteiger partial charge in [0.25, 0.3) is 0 Å². The fraction of sp³-hybridized carbons (Fsp3) is 0.625. The summed E-state index contributed by atoms with van der Waals surface area (Å²) in [4.78, 5) is 2.36. The Hall–Kier alpha value is -1.02. The summed E-state index contributed by atoms with van der Waals surface area (Å²) in [5.74, 6) is 0. The van der Waals surface area contributed by atoms with Gasteiger partial charge in [0.15, 0.2) is 0 Å². The number of hydrogen-bond acceptors (Lipinski definition) is 2. The van der Waals surface area contributed by atoms with E-state index in [1.54, 1.807) is 0 Å². The zero-order chi connectivity index (χ0) is 13.9. The number of nitrogens with zero attached hydrogens (tertiary/aromatic N) is 1. The minimum Gasteiger partial charge on any atom is -0.374 e. The fourth-order valence-electron chi connectivity index (χ4n) is 2.66. The van der Waals surface area contributed by atoms with Crippen LogP contribution in [0.15, 0.2) is 12.1 Å². The lowest BCUT2D eigenvalue weighted by Gasteiger charge is -2.26. The lowest BCUT2D eigenvalue weighted by atomic mass is 9.99. The van der Waals surface area contributed by atoms with Crippen molar-refractivity contribution in [1.82, 2.24) is 0 Å². The van der Waals surface area contributed by atoms with Gasteiger partial charge in [-0.3, -0.25) is 0 Å². The SMILES string of the molecule is Cc1cc(C)c(N(C)CCCC(C)(C)N)c(C)c1. The highest BCUT2D eigenvalue weighted by Crippen LogP contribution is 2.25. The topological polar surface area (TPSA) is 29.3 Å². The Kier molecular flexibility index (Phi) is 4.80. The molecule has 0 amide bonds. The maximum Gasteiger partial charge on any atom is 0.0423 e. The van der Waals surface area contributed by atoms with E-state index in [0.29, 0.717) is 0 Å². The number of rotatable bonds is 5. The second-order valence-electron chi connectivity index (χ2n) is 6.26. The molecule has 0 aliphatic heterocycles. The largest absolute Gasteiger partial charge is 0.374 e. The fourth-order valence-corrected chi connectivity index (χ4v) is 2.66. The van der Waals surface area contributed by atoms with Crippen LogP contribution in [0.2, 0.25) is 0 Å². The van der Waals surface area contributed by atoms with Gasteiger partial charge >= 0.3 is 0 Å². The third kappa shape index (κ3) is 4.34. The Morgan fingerprint density at radius 3 is 2.06 bits per heavy atom. The van der Waals surface area contributed by atoms with Crippen molar-refractivity contribution >= 4 is 5.69 Å². The van der Waals surface area contributed by atoms with Gasteiger partial charge in [0.2, 0.25) is 0 Å². The highest BCUT2D eigenvalue weighted by Gasteiger charge is 2.12. The van der Waals surface area contributed by atoms with E-state index in [-0.39, 0.29) is 5.54 Å². The Morgan fingerprint density at radius 2 is 1.61 bits per heavy atom. The third-order valence-electron chi connectivity index (χ3n) is 3.33. The Bertz CT molecular complexity index is 379. The minimum atomic E-state index is -0.0573. The molecule has 1 aromatic carbocycles. The van der Waals surface area contributed by atoms with Crippen LogP contribution >= 0.6 is 0 Å². The number of benzene rings is 1. The van der Waals surface area contributed by atoms with Crippen molar-refractivity contribution in [2.75, 3.05) is 18.5 Å². The van der Waals surface area contributed by atoms with Gasteiger partial charge < -0.3 is 10.6 Å². The van der Waals surface area contributed by atoms with Crippen LogP contribution in [0.3, 0.4) is 0 Å². The van der Waals surface area contributed by atoms with Crippen LogP contribution in [-0.2, 0) is 0 Å². The zero-order valence-corrected chi connectivity index (χ0v) is 12.8. The van der Waals surface area contributed by atoms with E-state index in [0.717, 1.165) is 19.4 Å². The van der Waals surface area contributed by atoms with Crippen LogP contribution in [-0.4, -0.2) is 19.1 Å². The maximum absolute atomic E-state index is 6.02. The Balaban J connectivity index is 2.70. The molecule has 0 unspecified atom stereocenters. The second kappa shape index (κ2) is 5.75. The monoisotopic (exact) mass is 248 g/mol. The molecule has 0 aromatic heterocycles. The van der Waals surface area contributed by atoms with Gasteiger partial charge in [0, 0.05) is 24.8 Å². The molecular weight excluding hydrogens is 220 g/mol. The van der Waals surface area contributed by atoms with Gasteiger partial charge in [0.05, 0.1) is 0 Å². The van der Waals surface area contributed by atoms with Gasteiger partial charge in [-0.25, -0.2) is 0 Å². The molecule has 18 heavy (non-hydrogen) atoms. The third-order valence-corrected chi connectivity index (χ3v) is 3.33. The summed E-state index contributed by atoms with van der Waals surface area (Å²) in [6, 6.07) is 4.51. The predicted octanol–water partition coefficient (Wildman–Crippen LogP) is 3.57. The summed E-state index contributed by atoms with van der Waals surface area (Å²) in [5.41, 5.74) is 11.4. The van der Waals surface area contributed by atoms with Crippen LogP contribution in [0.5, 0.6) is 0 Å². The molecular formula is C16H28N2. The van der Waals surface area contributed by atoms with E-state index in [9.17, 15) is 0 Å². The molecule has 0 radical (unpaired) electrons. The van der Waals surface area contributed by atoms with Crippen molar-refractivity contribution in [1.29, 1.82) is 0 Å². The summed E-state index contributed by atoms with van der Waals surface area (Å²) >= 11 is 0. The van der Waals surface area contributed by atoms with Gasteiger partial charge in [-0.05, 0) is 58.6 Å². The summed E-state index contributed by atoms with van der Waals surface area (Å²) < 4.78 is 0. The first-order valence-electron chi connectivity index (χ1n) is 6.78. The molecule has 102 valence electrons. The molecule has 0 atom stereocenters. The Labute approximate surface area is 112 Å². The molecule has 1 aromatic rings. The molecule has 2 N–H and O–H groups in total. The standard InChI is InChI=1S/C16H28N2/c1-12-10-13(2)15(14(3)11-12)18(6)9-7-8-16(4,5)17/h10-11H,7-9,17H2,1-6H3. The lowest BCUT2D eigenvalue weighted by molar-refractivity contribution is 0.460. The molecule has 0 heterocycles. The Morgan fingerprint density at radius 1 is 1.11 bits per heavy atom.